The number of methoxy groups -OCH3 is 1. The first-order valence-corrected chi connectivity index (χ1v) is 6.22. The highest BCUT2D eigenvalue weighted by Crippen LogP contribution is 2.21. The smallest absolute Gasteiger partial charge is 0.155 e. The van der Waals surface area contributed by atoms with Crippen molar-refractivity contribution in [3.05, 3.63) is 16.3 Å². The third-order valence-electron chi connectivity index (χ3n) is 2.81. The molecule has 1 atom stereocenters. The van der Waals surface area contributed by atoms with Crippen LogP contribution in [-0.4, -0.2) is 30.0 Å². The molecule has 17 heavy (non-hydrogen) atoms. The first-order chi connectivity index (χ1) is 8.10. The molecule has 0 saturated heterocycles. The zero-order valence-electron chi connectivity index (χ0n) is 10.9. The molecule has 1 rings (SSSR count). The van der Waals surface area contributed by atoms with Crippen molar-refractivity contribution in [1.29, 1.82) is 0 Å². The number of halogens is 1. The Labute approximate surface area is 108 Å². The molecule has 0 saturated carbocycles. The van der Waals surface area contributed by atoms with E-state index in [4.69, 9.17) is 16.3 Å². The average Bonchev–Trinajstić information content (AvgIpc) is 2.30. The quantitative estimate of drug-likeness (QED) is 0.851. The van der Waals surface area contributed by atoms with E-state index in [9.17, 15) is 0 Å². The summed E-state index contributed by atoms with van der Waals surface area (Å²) in [4.78, 5) is 0. The van der Waals surface area contributed by atoms with E-state index in [1.54, 1.807) is 7.11 Å². The molecule has 0 aromatic carbocycles. The minimum absolute atomic E-state index is 0.263. The van der Waals surface area contributed by atoms with Crippen molar-refractivity contribution in [2.45, 2.75) is 39.7 Å². The summed E-state index contributed by atoms with van der Waals surface area (Å²) in [5.74, 6) is 0.794. The molecule has 0 spiro atoms. The van der Waals surface area contributed by atoms with Crippen molar-refractivity contribution in [3.8, 4) is 0 Å². The van der Waals surface area contributed by atoms with Gasteiger partial charge in [-0.2, -0.15) is 0 Å². The Bertz CT molecular complexity index is 365. The van der Waals surface area contributed by atoms with E-state index in [1.807, 2.05) is 13.8 Å². The Balaban J connectivity index is 2.82. The molecule has 0 bridgehead atoms. The van der Waals surface area contributed by atoms with Crippen LogP contribution in [0.2, 0.25) is 5.15 Å². The zero-order chi connectivity index (χ0) is 12.8. The number of nitrogens with zero attached hydrogens (tertiary/aromatic N) is 2. The number of hydrogen-bond donors (Lipinski definition) is 1. The summed E-state index contributed by atoms with van der Waals surface area (Å²) in [5.41, 5.74) is 2.01. The van der Waals surface area contributed by atoms with Gasteiger partial charge in [0.15, 0.2) is 11.0 Å². The highest BCUT2D eigenvalue weighted by Gasteiger charge is 2.12. The monoisotopic (exact) mass is 257 g/mol. The molecule has 0 aliphatic rings. The topological polar surface area (TPSA) is 47.0 Å². The molecule has 1 unspecified atom stereocenters. The van der Waals surface area contributed by atoms with Gasteiger partial charge in [0.1, 0.15) is 0 Å². The van der Waals surface area contributed by atoms with Crippen LogP contribution in [0.4, 0.5) is 5.82 Å². The van der Waals surface area contributed by atoms with Crippen LogP contribution in [0.3, 0.4) is 0 Å². The van der Waals surface area contributed by atoms with Crippen molar-refractivity contribution in [2.24, 2.45) is 0 Å². The maximum Gasteiger partial charge on any atom is 0.155 e. The van der Waals surface area contributed by atoms with Gasteiger partial charge in [0.05, 0.1) is 12.6 Å². The van der Waals surface area contributed by atoms with Crippen molar-refractivity contribution >= 4 is 17.4 Å². The highest BCUT2D eigenvalue weighted by molar-refractivity contribution is 6.30. The van der Waals surface area contributed by atoms with Gasteiger partial charge in [0, 0.05) is 7.11 Å². The van der Waals surface area contributed by atoms with Crippen LogP contribution >= 0.6 is 11.6 Å². The van der Waals surface area contributed by atoms with Crippen LogP contribution in [0.1, 0.15) is 30.9 Å². The second kappa shape index (κ2) is 6.77. The van der Waals surface area contributed by atoms with Crippen molar-refractivity contribution in [1.82, 2.24) is 10.2 Å². The third-order valence-corrected chi connectivity index (χ3v) is 3.17. The van der Waals surface area contributed by atoms with Gasteiger partial charge in [0.2, 0.25) is 0 Å². The summed E-state index contributed by atoms with van der Waals surface area (Å²) in [6, 6.07) is 0.263. The zero-order valence-corrected chi connectivity index (χ0v) is 11.6. The van der Waals surface area contributed by atoms with E-state index in [1.165, 1.54) is 0 Å². The van der Waals surface area contributed by atoms with Crippen molar-refractivity contribution in [2.75, 3.05) is 19.0 Å². The molecule has 1 aromatic rings. The van der Waals surface area contributed by atoms with Crippen LogP contribution in [-0.2, 0) is 4.74 Å². The average molecular weight is 258 g/mol. The van der Waals surface area contributed by atoms with Crippen LogP contribution in [0.5, 0.6) is 0 Å². The maximum atomic E-state index is 5.92. The van der Waals surface area contributed by atoms with Gasteiger partial charge in [-0.3, -0.25) is 0 Å². The summed E-state index contributed by atoms with van der Waals surface area (Å²) < 4.78 is 5.19. The molecule has 4 nitrogen and oxygen atoms in total. The molecule has 0 aliphatic heterocycles. The van der Waals surface area contributed by atoms with Gasteiger partial charge < -0.3 is 10.1 Å². The Morgan fingerprint density at radius 1 is 1.29 bits per heavy atom. The van der Waals surface area contributed by atoms with Gasteiger partial charge in [-0.25, -0.2) is 0 Å². The van der Waals surface area contributed by atoms with Gasteiger partial charge in [-0.1, -0.05) is 24.9 Å². The number of hydrogen-bond acceptors (Lipinski definition) is 4. The molecular formula is C12H20ClN3O. The molecule has 0 aliphatic carbocycles. The molecular weight excluding hydrogens is 238 g/mol. The number of anilines is 1. The van der Waals surface area contributed by atoms with Gasteiger partial charge in [0.25, 0.3) is 0 Å². The second-order valence-electron chi connectivity index (χ2n) is 4.17. The van der Waals surface area contributed by atoms with Gasteiger partial charge in [-0.15, -0.1) is 10.2 Å². The Morgan fingerprint density at radius 3 is 2.59 bits per heavy atom. The fourth-order valence-corrected chi connectivity index (χ4v) is 1.83. The molecule has 0 amide bonds. The molecule has 96 valence electrons. The Morgan fingerprint density at radius 2 is 2.00 bits per heavy atom. The Kier molecular flexibility index (Phi) is 5.65. The molecule has 0 radical (unpaired) electrons. The predicted molar refractivity (Wildman–Crippen MR) is 70.7 cm³/mol. The lowest BCUT2D eigenvalue weighted by atomic mass is 10.1. The third kappa shape index (κ3) is 3.82. The van der Waals surface area contributed by atoms with E-state index in [-0.39, 0.29) is 6.04 Å². The summed E-state index contributed by atoms with van der Waals surface area (Å²) in [6.07, 6.45) is 2.14. The fourth-order valence-electron chi connectivity index (χ4n) is 1.65. The summed E-state index contributed by atoms with van der Waals surface area (Å²) in [7, 11) is 1.70. The first-order valence-electron chi connectivity index (χ1n) is 5.85. The minimum atomic E-state index is 0.263. The van der Waals surface area contributed by atoms with Crippen LogP contribution in [0.25, 0.3) is 0 Å². The molecule has 1 N–H and O–H groups in total. The van der Waals surface area contributed by atoms with E-state index in [0.717, 1.165) is 29.8 Å². The lowest BCUT2D eigenvalue weighted by molar-refractivity contribution is 0.182. The number of ether oxygens (including phenoxy) is 1. The van der Waals surface area contributed by atoms with E-state index in [2.05, 4.69) is 22.4 Å². The SMILES string of the molecule is CCCC(COC)Nc1nnc(Cl)c(C)c1C. The largest absolute Gasteiger partial charge is 0.383 e. The highest BCUT2D eigenvalue weighted by atomic mass is 35.5. The van der Waals surface area contributed by atoms with Crippen LogP contribution in [0, 0.1) is 13.8 Å². The molecule has 0 fully saturated rings. The van der Waals surface area contributed by atoms with Gasteiger partial charge in [-0.05, 0) is 31.4 Å². The maximum absolute atomic E-state index is 5.92. The predicted octanol–water partition coefficient (Wildman–Crippen LogP) is 2.97. The van der Waals surface area contributed by atoms with Crippen LogP contribution in [0.15, 0.2) is 0 Å². The lowest BCUT2D eigenvalue weighted by Crippen LogP contribution is -2.26. The first kappa shape index (κ1) is 14.2. The normalized spacial score (nSPS) is 12.5. The second-order valence-corrected chi connectivity index (χ2v) is 4.53. The van der Waals surface area contributed by atoms with E-state index >= 15 is 0 Å². The fraction of sp³-hybridized carbons (Fsp3) is 0.667. The van der Waals surface area contributed by atoms with Gasteiger partial charge >= 0.3 is 0 Å². The van der Waals surface area contributed by atoms with E-state index in [0.29, 0.717) is 11.8 Å². The van der Waals surface area contributed by atoms with E-state index < -0.39 is 0 Å². The van der Waals surface area contributed by atoms with Crippen molar-refractivity contribution in [3.63, 3.8) is 0 Å². The minimum Gasteiger partial charge on any atom is -0.383 e. The van der Waals surface area contributed by atoms with Crippen LogP contribution < -0.4 is 5.32 Å². The lowest BCUT2D eigenvalue weighted by Gasteiger charge is -2.19. The standard InChI is InChI=1S/C12H20ClN3O/c1-5-6-10(7-17-4)14-12-9(3)8(2)11(13)15-16-12/h10H,5-7H2,1-4H3,(H,14,16). The summed E-state index contributed by atoms with van der Waals surface area (Å²) in [6.45, 7) is 6.75. The number of aromatic nitrogens is 2. The van der Waals surface area contributed by atoms with Crippen molar-refractivity contribution < 1.29 is 4.74 Å². The summed E-state index contributed by atoms with van der Waals surface area (Å²) >= 11 is 5.92. The Hall–Kier alpha value is -0.870. The molecule has 5 heteroatoms. The molecule has 1 heterocycles. The number of rotatable bonds is 6. The summed E-state index contributed by atoms with van der Waals surface area (Å²) in [5, 5.41) is 11.8. The number of nitrogens with one attached hydrogen (secondary N) is 1. The molecule has 1 aromatic heterocycles.